The molecule has 7 nitrogen and oxygen atoms in total. The monoisotopic (exact) mass is 591 g/mol. The van der Waals surface area contributed by atoms with Crippen LogP contribution in [0.1, 0.15) is 10.4 Å². The predicted molar refractivity (Wildman–Crippen MR) is 121 cm³/mol. The van der Waals surface area contributed by atoms with Crippen LogP contribution in [0, 0.1) is 5.41 Å². The van der Waals surface area contributed by atoms with Gasteiger partial charge in [-0.2, -0.15) is 0 Å². The molecule has 1 heterocycles. The Labute approximate surface area is 191 Å². The topological polar surface area (TPSA) is 107 Å². The van der Waals surface area contributed by atoms with Crippen molar-refractivity contribution in [3.63, 3.8) is 0 Å². The van der Waals surface area contributed by atoms with Gasteiger partial charge in [0, 0.05) is 22.2 Å². The Balaban J connectivity index is 2.41. The van der Waals surface area contributed by atoms with Crippen molar-refractivity contribution in [2.45, 2.75) is 0 Å². The summed E-state index contributed by atoms with van der Waals surface area (Å²) in [6, 6.07) is 6.54. The molecule has 146 valence electrons. The molecule has 0 fully saturated rings. The third-order valence-corrected chi connectivity index (χ3v) is 4.91. The van der Waals surface area contributed by atoms with Crippen molar-refractivity contribution in [2.24, 2.45) is 0 Å². The maximum atomic E-state index is 12.9. The van der Waals surface area contributed by atoms with Gasteiger partial charge in [0.05, 0.1) is 20.9 Å². The number of carbonyl (C=O) groups excluding carboxylic acids is 2. The van der Waals surface area contributed by atoms with Crippen molar-refractivity contribution in [1.82, 2.24) is 10.3 Å². The fourth-order valence-corrected chi connectivity index (χ4v) is 3.81. The first-order chi connectivity index (χ1) is 13.2. The van der Waals surface area contributed by atoms with Crippen LogP contribution in [0.4, 0.5) is 11.5 Å². The van der Waals surface area contributed by atoms with Crippen LogP contribution in [0.25, 0.3) is 0 Å². The first kappa shape index (κ1) is 22.5. The van der Waals surface area contributed by atoms with E-state index in [1.54, 1.807) is 24.3 Å². The lowest BCUT2D eigenvalue weighted by Gasteiger charge is -2.15. The van der Waals surface area contributed by atoms with Gasteiger partial charge in [-0.05, 0) is 62.2 Å². The lowest BCUT2D eigenvalue weighted by Crippen LogP contribution is -2.25. The summed E-state index contributed by atoms with van der Waals surface area (Å²) in [5.41, 5.74) is 0.523. The molecule has 1 aromatic heterocycles. The smallest absolute Gasteiger partial charge is 0.272 e. The Morgan fingerprint density at radius 2 is 1.96 bits per heavy atom. The molecular weight excluding hydrogens is 581 g/mol. The molecule has 2 amide bonds. The highest BCUT2D eigenvalue weighted by molar-refractivity contribution is 9.18. The molecule has 11 heteroatoms. The van der Waals surface area contributed by atoms with E-state index in [1.807, 2.05) is 0 Å². The Bertz CT molecular complexity index is 981. The highest BCUT2D eigenvalue weighted by atomic mass is 79.9. The Morgan fingerprint density at radius 1 is 1.25 bits per heavy atom. The van der Waals surface area contributed by atoms with E-state index in [2.05, 4.69) is 68.7 Å². The van der Waals surface area contributed by atoms with Crippen LogP contribution in [0.15, 0.2) is 51.2 Å². The van der Waals surface area contributed by atoms with Crippen LogP contribution in [0.2, 0.25) is 5.02 Å². The summed E-state index contributed by atoms with van der Waals surface area (Å²) in [5.74, 6) is -0.725. The fraction of sp³-hybridized carbons (Fsp3) is 0.0588. The molecular formula is C17H13Br3ClN5O2. The summed E-state index contributed by atoms with van der Waals surface area (Å²) in [5, 5.41) is 15.9. The molecule has 0 saturated carbocycles. The second-order valence-electron chi connectivity index (χ2n) is 5.21. The van der Waals surface area contributed by atoms with Crippen molar-refractivity contribution in [3.8, 4) is 0 Å². The standard InChI is InChI=1S/C17H13Br3ClN5O2/c1-23-16(27)9-5-8(18)6-10(19)14(9)26-17(28)12(7-13(20)22)25-15-11(21)3-2-4-24-15/h2-7,22H,1H3,(H,23,27)(H,24,25)(H,26,28)/b12-7-,22-13?. The average Bonchev–Trinajstić information content (AvgIpc) is 2.63. The lowest BCUT2D eigenvalue weighted by atomic mass is 10.1. The van der Waals surface area contributed by atoms with Crippen molar-refractivity contribution < 1.29 is 9.59 Å². The summed E-state index contributed by atoms with van der Waals surface area (Å²) in [7, 11) is 1.49. The van der Waals surface area contributed by atoms with Crippen LogP contribution in [0.5, 0.6) is 0 Å². The van der Waals surface area contributed by atoms with Crippen LogP contribution in [0.3, 0.4) is 0 Å². The normalized spacial score (nSPS) is 11.0. The molecule has 1 aromatic carbocycles. The number of benzene rings is 1. The second-order valence-corrected chi connectivity index (χ2v) is 8.24. The molecule has 0 bridgehead atoms. The molecule has 2 rings (SSSR count). The molecule has 0 aliphatic heterocycles. The zero-order valence-corrected chi connectivity index (χ0v) is 19.8. The number of allylic oxidation sites excluding steroid dienone is 1. The number of hydrogen-bond acceptors (Lipinski definition) is 5. The number of pyridine rings is 1. The number of carbonyl (C=O) groups is 2. The maximum absolute atomic E-state index is 12.9. The first-order valence-corrected chi connectivity index (χ1v) is 10.3. The van der Waals surface area contributed by atoms with Gasteiger partial charge in [-0.25, -0.2) is 4.98 Å². The number of hydrogen-bond donors (Lipinski definition) is 4. The molecule has 0 spiro atoms. The van der Waals surface area contributed by atoms with Gasteiger partial charge in [-0.15, -0.1) is 0 Å². The first-order valence-electron chi connectivity index (χ1n) is 7.58. The number of aromatic nitrogens is 1. The lowest BCUT2D eigenvalue weighted by molar-refractivity contribution is -0.112. The minimum Gasteiger partial charge on any atom is -0.355 e. The minimum absolute atomic E-state index is 0.000139. The van der Waals surface area contributed by atoms with Crippen LogP contribution < -0.4 is 16.0 Å². The van der Waals surface area contributed by atoms with Crippen LogP contribution >= 0.6 is 59.4 Å². The highest BCUT2D eigenvalue weighted by Crippen LogP contribution is 2.31. The third-order valence-electron chi connectivity index (χ3n) is 3.29. The molecule has 0 unspecified atom stereocenters. The van der Waals surface area contributed by atoms with Gasteiger partial charge < -0.3 is 16.0 Å². The maximum Gasteiger partial charge on any atom is 0.272 e. The van der Waals surface area contributed by atoms with E-state index in [0.717, 1.165) is 0 Å². The van der Waals surface area contributed by atoms with E-state index < -0.39 is 5.91 Å². The van der Waals surface area contributed by atoms with Gasteiger partial charge in [0.2, 0.25) is 0 Å². The van der Waals surface area contributed by atoms with Gasteiger partial charge in [0.15, 0.2) is 0 Å². The summed E-state index contributed by atoms with van der Waals surface area (Å²) in [6.07, 6.45) is 2.77. The Hall–Kier alpha value is -1.75. The van der Waals surface area contributed by atoms with Gasteiger partial charge >= 0.3 is 0 Å². The number of halogens is 4. The zero-order valence-electron chi connectivity index (χ0n) is 14.2. The number of nitrogens with zero attached hydrogens (tertiary/aromatic N) is 1. The molecule has 4 N–H and O–H groups in total. The zero-order chi connectivity index (χ0) is 20.8. The van der Waals surface area contributed by atoms with E-state index >= 15 is 0 Å². The Morgan fingerprint density at radius 3 is 2.57 bits per heavy atom. The van der Waals surface area contributed by atoms with Gasteiger partial charge in [0.25, 0.3) is 11.8 Å². The van der Waals surface area contributed by atoms with Gasteiger partial charge in [-0.3, -0.25) is 15.0 Å². The minimum atomic E-state index is -0.598. The van der Waals surface area contributed by atoms with Crippen molar-refractivity contribution in [3.05, 3.63) is 61.8 Å². The van der Waals surface area contributed by atoms with E-state index in [-0.39, 0.29) is 33.3 Å². The number of amides is 2. The third kappa shape index (κ3) is 5.87. The van der Waals surface area contributed by atoms with E-state index in [1.165, 1.54) is 19.3 Å². The number of anilines is 2. The molecule has 0 aliphatic carbocycles. The molecule has 2 aromatic rings. The van der Waals surface area contributed by atoms with Crippen LogP contribution in [-0.2, 0) is 4.79 Å². The average molecular weight is 594 g/mol. The van der Waals surface area contributed by atoms with Crippen molar-refractivity contribution in [2.75, 3.05) is 17.7 Å². The van der Waals surface area contributed by atoms with Gasteiger partial charge in [-0.1, -0.05) is 27.5 Å². The molecule has 0 aliphatic rings. The Kier molecular flexibility index (Phi) is 8.17. The van der Waals surface area contributed by atoms with Crippen molar-refractivity contribution >= 4 is 87.3 Å². The fourth-order valence-electron chi connectivity index (χ4n) is 2.09. The van der Waals surface area contributed by atoms with Crippen LogP contribution in [-0.4, -0.2) is 28.5 Å². The molecule has 28 heavy (non-hydrogen) atoms. The van der Waals surface area contributed by atoms with E-state index in [0.29, 0.717) is 14.0 Å². The summed E-state index contributed by atoms with van der Waals surface area (Å²) >= 11 is 15.7. The summed E-state index contributed by atoms with van der Waals surface area (Å²) in [6.45, 7) is 0. The van der Waals surface area contributed by atoms with Gasteiger partial charge in [0.1, 0.15) is 11.5 Å². The molecule has 0 atom stereocenters. The summed E-state index contributed by atoms with van der Waals surface area (Å²) < 4.78 is 1.11. The molecule has 0 saturated heterocycles. The number of nitrogens with one attached hydrogen (secondary N) is 4. The number of rotatable bonds is 6. The van der Waals surface area contributed by atoms with Crippen molar-refractivity contribution in [1.29, 1.82) is 5.41 Å². The predicted octanol–water partition coefficient (Wildman–Crippen LogP) is 4.93. The second kappa shape index (κ2) is 10.1. The SMILES string of the molecule is CNC(=O)c1cc(Br)cc(Br)c1NC(=O)/C(=C/C(=N)Br)Nc1ncccc1Cl. The highest BCUT2D eigenvalue weighted by Gasteiger charge is 2.20. The molecule has 0 radical (unpaired) electrons. The summed E-state index contributed by atoms with van der Waals surface area (Å²) in [4.78, 5) is 29.1. The quantitative estimate of drug-likeness (QED) is 0.281. The largest absolute Gasteiger partial charge is 0.355 e. The van der Waals surface area contributed by atoms with E-state index in [4.69, 9.17) is 17.0 Å². The van der Waals surface area contributed by atoms with E-state index in [9.17, 15) is 9.59 Å².